The zero-order valence-electron chi connectivity index (χ0n) is 16.9. The van der Waals surface area contributed by atoms with Gasteiger partial charge in [-0.1, -0.05) is 0 Å². The number of aliphatic hydroxyl groups excluding tert-OH is 1. The Morgan fingerprint density at radius 3 is 2.77 bits per heavy atom. The number of alkyl halides is 1. The molecule has 3 aromatic rings. The molecule has 0 aliphatic heterocycles. The maximum Gasteiger partial charge on any atom is 0.274 e. The summed E-state index contributed by atoms with van der Waals surface area (Å²) in [5, 5.41) is 23.0. The van der Waals surface area contributed by atoms with Crippen molar-refractivity contribution in [2.75, 3.05) is 17.7 Å². The molecular formula is C21H23FN6O3. The summed E-state index contributed by atoms with van der Waals surface area (Å²) in [5.41, 5.74) is 1.50. The quantitative estimate of drug-likeness (QED) is 0.478. The predicted molar refractivity (Wildman–Crippen MR) is 114 cm³/mol. The maximum absolute atomic E-state index is 13.5. The summed E-state index contributed by atoms with van der Waals surface area (Å²) in [5.74, 6) is 0.299. The van der Waals surface area contributed by atoms with E-state index >= 15 is 0 Å². The minimum Gasteiger partial charge on any atom is -0.391 e. The SMILES string of the molecule is CNc1cc(Nc2cccn([C@H]3C[C@@H]3F)c2=O)cc2c(C(=O)NC3CCC3O)cnn12. The Morgan fingerprint density at radius 1 is 1.32 bits per heavy atom. The van der Waals surface area contributed by atoms with Crippen LogP contribution < -0.4 is 21.5 Å². The van der Waals surface area contributed by atoms with Crippen molar-refractivity contribution in [2.24, 2.45) is 0 Å². The molecule has 4 N–H and O–H groups in total. The molecule has 2 aliphatic rings. The van der Waals surface area contributed by atoms with Gasteiger partial charge in [-0.25, -0.2) is 8.91 Å². The largest absolute Gasteiger partial charge is 0.391 e. The van der Waals surface area contributed by atoms with Crippen LogP contribution in [0.3, 0.4) is 0 Å². The van der Waals surface area contributed by atoms with Crippen LogP contribution >= 0.6 is 0 Å². The Labute approximate surface area is 176 Å². The Hall–Kier alpha value is -3.40. The van der Waals surface area contributed by atoms with Crippen LogP contribution in [0.4, 0.5) is 21.6 Å². The van der Waals surface area contributed by atoms with Crippen molar-refractivity contribution in [3.8, 4) is 0 Å². The van der Waals surface area contributed by atoms with Crippen LogP contribution in [0, 0.1) is 0 Å². The molecule has 0 spiro atoms. The normalized spacial score (nSPS) is 24.5. The van der Waals surface area contributed by atoms with E-state index in [9.17, 15) is 19.1 Å². The predicted octanol–water partition coefficient (Wildman–Crippen LogP) is 1.82. The number of anilines is 3. The molecule has 0 saturated heterocycles. The Kier molecular flexibility index (Phi) is 4.66. The number of hydrogen-bond donors (Lipinski definition) is 4. The van der Waals surface area contributed by atoms with Crippen molar-refractivity contribution in [3.63, 3.8) is 0 Å². The summed E-state index contributed by atoms with van der Waals surface area (Å²) in [6, 6.07) is 6.18. The van der Waals surface area contributed by atoms with E-state index < -0.39 is 18.3 Å². The van der Waals surface area contributed by atoms with E-state index in [1.165, 1.54) is 10.8 Å². The van der Waals surface area contributed by atoms with Gasteiger partial charge in [0, 0.05) is 31.4 Å². The lowest BCUT2D eigenvalue weighted by molar-refractivity contribution is 0.0448. The lowest BCUT2D eigenvalue weighted by Crippen LogP contribution is -2.50. The second-order valence-corrected chi connectivity index (χ2v) is 8.04. The number of fused-ring (bicyclic) bond motifs is 1. The van der Waals surface area contributed by atoms with Crippen LogP contribution in [0.2, 0.25) is 0 Å². The van der Waals surface area contributed by atoms with Gasteiger partial charge in [-0.2, -0.15) is 5.10 Å². The van der Waals surface area contributed by atoms with Crippen molar-refractivity contribution in [1.29, 1.82) is 0 Å². The minimum absolute atomic E-state index is 0.253. The molecule has 1 amide bonds. The number of rotatable bonds is 6. The minimum atomic E-state index is -0.984. The third-order valence-corrected chi connectivity index (χ3v) is 5.97. The van der Waals surface area contributed by atoms with Crippen molar-refractivity contribution in [2.45, 2.75) is 43.6 Å². The van der Waals surface area contributed by atoms with Crippen LogP contribution in [-0.2, 0) is 0 Å². The smallest absolute Gasteiger partial charge is 0.274 e. The number of nitrogens with zero attached hydrogens (tertiary/aromatic N) is 3. The number of aromatic nitrogens is 3. The zero-order chi connectivity index (χ0) is 21.7. The number of aliphatic hydroxyl groups is 1. The average Bonchev–Trinajstić information content (AvgIpc) is 3.32. The monoisotopic (exact) mass is 426 g/mol. The molecule has 2 aliphatic carbocycles. The van der Waals surface area contributed by atoms with Crippen LogP contribution in [0.25, 0.3) is 5.52 Å². The third-order valence-electron chi connectivity index (χ3n) is 5.97. The second-order valence-electron chi connectivity index (χ2n) is 8.04. The van der Waals surface area contributed by atoms with Gasteiger partial charge in [0.05, 0.1) is 35.5 Å². The second kappa shape index (κ2) is 7.38. The number of carbonyl (C=O) groups is 1. The summed E-state index contributed by atoms with van der Waals surface area (Å²) >= 11 is 0. The zero-order valence-corrected chi connectivity index (χ0v) is 16.9. The van der Waals surface area contributed by atoms with Gasteiger partial charge in [0.25, 0.3) is 11.5 Å². The number of nitrogens with one attached hydrogen (secondary N) is 3. The van der Waals surface area contributed by atoms with Crippen molar-refractivity contribution < 1.29 is 14.3 Å². The number of carbonyl (C=O) groups excluding carboxylic acids is 1. The van der Waals surface area contributed by atoms with Gasteiger partial charge in [0.15, 0.2) is 0 Å². The summed E-state index contributed by atoms with van der Waals surface area (Å²) < 4.78 is 16.5. The standard InChI is InChI=1S/C21H23FN6O3/c1-23-19-8-11(25-15-3-2-6-27(21(15)31)17-9-13(17)22)7-16-12(10-24-28(16)19)20(30)26-14-4-5-18(14)29/h2-3,6-8,10,13-14,17-18,23,25,29H,4-5,9H2,1H3,(H,26,30)/t13-,14?,17-,18?/m0/s1. The Balaban J connectivity index is 1.48. The highest BCUT2D eigenvalue weighted by Gasteiger charge is 2.39. The van der Waals surface area contributed by atoms with Gasteiger partial charge in [-0.3, -0.25) is 9.59 Å². The first-order valence-electron chi connectivity index (χ1n) is 10.3. The van der Waals surface area contributed by atoms with Crippen molar-refractivity contribution >= 4 is 28.6 Å². The molecule has 9 nitrogen and oxygen atoms in total. The summed E-state index contributed by atoms with van der Waals surface area (Å²) in [7, 11) is 1.73. The van der Waals surface area contributed by atoms with Crippen LogP contribution in [0.1, 0.15) is 35.7 Å². The van der Waals surface area contributed by atoms with Crippen LogP contribution in [0.5, 0.6) is 0 Å². The Bertz CT molecular complexity index is 1220. The third kappa shape index (κ3) is 3.42. The van der Waals surface area contributed by atoms with E-state index in [1.54, 1.807) is 42.0 Å². The fourth-order valence-electron chi connectivity index (χ4n) is 3.87. The first kappa shape index (κ1) is 19.6. The van der Waals surface area contributed by atoms with Gasteiger partial charge >= 0.3 is 0 Å². The van der Waals surface area contributed by atoms with Crippen LogP contribution in [0.15, 0.2) is 41.5 Å². The number of hydrogen-bond acceptors (Lipinski definition) is 6. The van der Waals surface area contributed by atoms with Crippen molar-refractivity contribution in [1.82, 2.24) is 19.5 Å². The summed E-state index contributed by atoms with van der Waals surface area (Å²) in [6.45, 7) is 0. The topological polar surface area (TPSA) is 113 Å². The first-order valence-corrected chi connectivity index (χ1v) is 10.3. The van der Waals surface area contributed by atoms with E-state index in [1.807, 2.05) is 0 Å². The molecule has 0 bridgehead atoms. The van der Waals surface area contributed by atoms with Gasteiger partial charge in [-0.15, -0.1) is 0 Å². The first-order chi connectivity index (χ1) is 15.0. The highest BCUT2D eigenvalue weighted by atomic mass is 19.1. The Morgan fingerprint density at radius 2 is 2.13 bits per heavy atom. The molecular weight excluding hydrogens is 403 g/mol. The van der Waals surface area contributed by atoms with E-state index in [-0.39, 0.29) is 17.5 Å². The summed E-state index contributed by atoms with van der Waals surface area (Å²) in [6.07, 6.45) is 3.33. The van der Waals surface area contributed by atoms with E-state index in [0.717, 1.165) is 6.42 Å². The molecule has 3 aromatic heterocycles. The van der Waals surface area contributed by atoms with E-state index in [4.69, 9.17) is 0 Å². The molecule has 4 atom stereocenters. The molecule has 2 unspecified atom stereocenters. The summed E-state index contributed by atoms with van der Waals surface area (Å²) in [4.78, 5) is 25.5. The number of pyridine rings is 2. The molecule has 0 radical (unpaired) electrons. The van der Waals surface area contributed by atoms with Gasteiger partial charge in [0.2, 0.25) is 0 Å². The number of amides is 1. The average molecular weight is 426 g/mol. The van der Waals surface area contributed by atoms with Gasteiger partial charge in [-0.05, 0) is 31.0 Å². The van der Waals surface area contributed by atoms with Gasteiger partial charge in [0.1, 0.15) is 17.7 Å². The molecule has 10 heteroatoms. The molecule has 162 valence electrons. The maximum atomic E-state index is 13.5. The van der Waals surface area contributed by atoms with Gasteiger partial charge < -0.3 is 25.6 Å². The molecule has 2 saturated carbocycles. The lowest BCUT2D eigenvalue weighted by Gasteiger charge is -2.32. The van der Waals surface area contributed by atoms with E-state index in [2.05, 4.69) is 21.0 Å². The van der Waals surface area contributed by atoms with E-state index in [0.29, 0.717) is 41.1 Å². The highest BCUT2D eigenvalue weighted by molar-refractivity contribution is 6.01. The molecule has 2 fully saturated rings. The molecule has 3 heterocycles. The van der Waals surface area contributed by atoms with Crippen LogP contribution in [-0.4, -0.2) is 50.6 Å². The van der Waals surface area contributed by atoms with Crippen molar-refractivity contribution in [3.05, 3.63) is 52.6 Å². The lowest BCUT2D eigenvalue weighted by atomic mass is 9.89. The molecule has 31 heavy (non-hydrogen) atoms. The fourth-order valence-corrected chi connectivity index (χ4v) is 3.87. The highest BCUT2D eigenvalue weighted by Crippen LogP contribution is 2.38. The number of halogens is 1. The molecule has 5 rings (SSSR count). The molecule has 0 aromatic carbocycles. The fraction of sp³-hybridized carbons (Fsp3) is 0.381.